The third kappa shape index (κ3) is 2.58. The maximum Gasteiger partial charge on any atom is 0.434 e. The first-order chi connectivity index (χ1) is 7.98. The van der Waals surface area contributed by atoms with Crippen LogP contribution >= 0.6 is 11.3 Å². The molecule has 0 N–H and O–H groups in total. The van der Waals surface area contributed by atoms with E-state index in [-0.39, 0.29) is 0 Å². The van der Waals surface area contributed by atoms with Crippen molar-refractivity contribution in [1.82, 2.24) is 4.98 Å². The van der Waals surface area contributed by atoms with Gasteiger partial charge in [-0.2, -0.15) is 13.2 Å². The zero-order valence-corrected chi connectivity index (χ0v) is 9.72. The number of rotatable bonds is 2. The highest BCUT2D eigenvalue weighted by Crippen LogP contribution is 2.34. The maximum atomic E-state index is 12.4. The first kappa shape index (κ1) is 11.9. The van der Waals surface area contributed by atoms with Gasteiger partial charge in [0.25, 0.3) is 0 Å². The highest BCUT2D eigenvalue weighted by molar-refractivity contribution is 7.13. The number of para-hydroxylation sites is 1. The number of alkyl halides is 3. The van der Waals surface area contributed by atoms with Crippen LogP contribution in [0, 0.1) is 0 Å². The molecule has 0 saturated heterocycles. The van der Waals surface area contributed by atoms with Crippen LogP contribution in [0.25, 0.3) is 0 Å². The molecule has 0 amide bonds. The Hall–Kier alpha value is -1.56. The molecule has 1 heterocycles. The molecule has 2 aromatic rings. The van der Waals surface area contributed by atoms with Gasteiger partial charge in [0, 0.05) is 18.1 Å². The molecule has 0 unspecified atom stereocenters. The zero-order chi connectivity index (χ0) is 12.5. The Bertz CT molecular complexity index is 493. The summed E-state index contributed by atoms with van der Waals surface area (Å²) in [6, 6.07) is 9.12. The summed E-state index contributed by atoms with van der Waals surface area (Å²) in [4.78, 5) is 5.20. The molecule has 90 valence electrons. The summed E-state index contributed by atoms with van der Waals surface area (Å²) >= 11 is 0.974. The third-order valence-corrected chi connectivity index (χ3v) is 3.13. The second-order valence-electron chi connectivity index (χ2n) is 3.41. The Morgan fingerprint density at radius 1 is 1.18 bits per heavy atom. The third-order valence-electron chi connectivity index (χ3n) is 2.21. The quantitative estimate of drug-likeness (QED) is 0.811. The maximum absolute atomic E-state index is 12.4. The molecule has 0 aliphatic heterocycles. The second-order valence-corrected chi connectivity index (χ2v) is 4.24. The first-order valence-electron chi connectivity index (χ1n) is 4.80. The minimum atomic E-state index is -4.38. The lowest BCUT2D eigenvalue weighted by Gasteiger charge is -2.15. The van der Waals surface area contributed by atoms with E-state index in [0.29, 0.717) is 5.13 Å². The number of hydrogen-bond acceptors (Lipinski definition) is 3. The molecule has 0 radical (unpaired) electrons. The molecule has 2 rings (SSSR count). The fraction of sp³-hybridized carbons (Fsp3) is 0.182. The van der Waals surface area contributed by atoms with Crippen molar-refractivity contribution < 1.29 is 13.2 Å². The van der Waals surface area contributed by atoms with Crippen LogP contribution in [0.3, 0.4) is 0 Å². The van der Waals surface area contributed by atoms with Gasteiger partial charge in [-0.05, 0) is 12.1 Å². The molecule has 17 heavy (non-hydrogen) atoms. The van der Waals surface area contributed by atoms with E-state index in [4.69, 9.17) is 0 Å². The van der Waals surface area contributed by atoms with Crippen molar-refractivity contribution in [3.8, 4) is 0 Å². The van der Waals surface area contributed by atoms with Crippen molar-refractivity contribution in [1.29, 1.82) is 0 Å². The molecule has 0 fully saturated rings. The van der Waals surface area contributed by atoms with Crippen LogP contribution < -0.4 is 4.90 Å². The fourth-order valence-electron chi connectivity index (χ4n) is 1.31. The topological polar surface area (TPSA) is 16.1 Å². The van der Waals surface area contributed by atoms with E-state index in [1.807, 2.05) is 30.3 Å². The number of halogens is 3. The predicted octanol–water partition coefficient (Wildman–Crippen LogP) is 3.93. The summed E-state index contributed by atoms with van der Waals surface area (Å²) in [5.41, 5.74) is -0.0455. The summed E-state index contributed by atoms with van der Waals surface area (Å²) in [6.45, 7) is 0. The number of anilines is 2. The average Bonchev–Trinajstić information content (AvgIpc) is 2.78. The molecule has 0 bridgehead atoms. The van der Waals surface area contributed by atoms with E-state index < -0.39 is 11.9 Å². The molecule has 0 aliphatic carbocycles. The van der Waals surface area contributed by atoms with Crippen molar-refractivity contribution in [2.24, 2.45) is 0 Å². The molecular weight excluding hydrogens is 249 g/mol. The summed E-state index contributed by atoms with van der Waals surface area (Å²) < 4.78 is 37.2. The van der Waals surface area contributed by atoms with Gasteiger partial charge < -0.3 is 4.90 Å². The van der Waals surface area contributed by atoms with Gasteiger partial charge in [0.1, 0.15) is 0 Å². The summed E-state index contributed by atoms with van der Waals surface area (Å²) in [5, 5.41) is 1.35. The molecule has 1 aromatic heterocycles. The Balaban J connectivity index is 2.27. The van der Waals surface area contributed by atoms with Crippen molar-refractivity contribution >= 4 is 22.2 Å². The van der Waals surface area contributed by atoms with Crippen molar-refractivity contribution in [2.45, 2.75) is 6.18 Å². The van der Waals surface area contributed by atoms with Gasteiger partial charge >= 0.3 is 6.18 Å². The van der Waals surface area contributed by atoms with E-state index in [1.165, 1.54) is 0 Å². The molecule has 0 spiro atoms. The molecule has 0 atom stereocenters. The number of thiazole rings is 1. The van der Waals surface area contributed by atoms with E-state index in [2.05, 4.69) is 4.98 Å². The van der Waals surface area contributed by atoms with Crippen molar-refractivity contribution in [3.63, 3.8) is 0 Å². The van der Waals surface area contributed by atoms with E-state index in [0.717, 1.165) is 22.4 Å². The van der Waals surface area contributed by atoms with Crippen LogP contribution in [-0.2, 0) is 6.18 Å². The normalized spacial score (nSPS) is 11.5. The van der Waals surface area contributed by atoms with Crippen LogP contribution in [0.15, 0.2) is 35.7 Å². The smallest absolute Gasteiger partial charge is 0.321 e. The molecule has 0 saturated carbocycles. The lowest BCUT2D eigenvalue weighted by molar-refractivity contribution is -0.140. The lowest BCUT2D eigenvalue weighted by Crippen LogP contribution is -2.10. The van der Waals surface area contributed by atoms with Crippen LogP contribution in [0.2, 0.25) is 0 Å². The van der Waals surface area contributed by atoms with Crippen molar-refractivity contribution in [3.05, 3.63) is 41.4 Å². The second kappa shape index (κ2) is 4.37. The van der Waals surface area contributed by atoms with Gasteiger partial charge in [0.05, 0.1) is 0 Å². The van der Waals surface area contributed by atoms with Crippen LogP contribution in [-0.4, -0.2) is 12.0 Å². The molecule has 2 nitrogen and oxygen atoms in total. The van der Waals surface area contributed by atoms with Crippen LogP contribution in [0.4, 0.5) is 24.0 Å². The number of benzene rings is 1. The number of nitrogens with zero attached hydrogens (tertiary/aromatic N) is 2. The van der Waals surface area contributed by atoms with Crippen LogP contribution in [0.5, 0.6) is 0 Å². The molecule has 1 aromatic carbocycles. The van der Waals surface area contributed by atoms with E-state index >= 15 is 0 Å². The Morgan fingerprint density at radius 3 is 2.35 bits per heavy atom. The lowest BCUT2D eigenvalue weighted by atomic mass is 10.3. The largest absolute Gasteiger partial charge is 0.434 e. The molecule has 0 aliphatic rings. The minimum absolute atomic E-state index is 0.323. The monoisotopic (exact) mass is 258 g/mol. The average molecular weight is 258 g/mol. The van der Waals surface area contributed by atoms with Gasteiger partial charge in [-0.1, -0.05) is 18.2 Å². The standard InChI is InChI=1S/C11H9F3N2S/c1-16(8-5-3-2-4-6-8)10-15-9(7-17-10)11(12,13)14/h2-7H,1H3. The summed E-state index contributed by atoms with van der Waals surface area (Å²) in [7, 11) is 1.69. The fourth-order valence-corrected chi connectivity index (χ4v) is 2.13. The Kier molecular flexibility index (Phi) is 3.06. The van der Waals surface area contributed by atoms with Gasteiger partial charge in [-0.25, -0.2) is 4.98 Å². The van der Waals surface area contributed by atoms with Gasteiger partial charge in [0.2, 0.25) is 0 Å². The Labute approximate surface area is 100 Å². The van der Waals surface area contributed by atoms with Gasteiger partial charge in [-0.15, -0.1) is 11.3 Å². The SMILES string of the molecule is CN(c1ccccc1)c1nc(C(F)(F)F)cs1. The predicted molar refractivity (Wildman–Crippen MR) is 61.6 cm³/mol. The Morgan fingerprint density at radius 2 is 1.82 bits per heavy atom. The van der Waals surface area contributed by atoms with E-state index in [1.54, 1.807) is 11.9 Å². The molecule has 6 heteroatoms. The van der Waals surface area contributed by atoms with Gasteiger partial charge in [-0.3, -0.25) is 0 Å². The highest BCUT2D eigenvalue weighted by Gasteiger charge is 2.34. The summed E-state index contributed by atoms with van der Waals surface area (Å²) in [6.07, 6.45) is -4.38. The first-order valence-corrected chi connectivity index (χ1v) is 5.68. The van der Waals surface area contributed by atoms with Gasteiger partial charge in [0.15, 0.2) is 10.8 Å². The van der Waals surface area contributed by atoms with E-state index in [9.17, 15) is 13.2 Å². The minimum Gasteiger partial charge on any atom is -0.321 e. The highest BCUT2D eigenvalue weighted by atomic mass is 32.1. The summed E-state index contributed by atoms with van der Waals surface area (Å²) in [5.74, 6) is 0. The van der Waals surface area contributed by atoms with Crippen molar-refractivity contribution in [2.75, 3.05) is 11.9 Å². The number of aromatic nitrogens is 1. The molecular formula is C11H9F3N2S. The van der Waals surface area contributed by atoms with Crippen LogP contribution in [0.1, 0.15) is 5.69 Å². The number of hydrogen-bond donors (Lipinski definition) is 0. The zero-order valence-electron chi connectivity index (χ0n) is 8.90.